The second-order valence-electron chi connectivity index (χ2n) is 6.72. The first kappa shape index (κ1) is 15.3. The monoisotopic (exact) mass is 333 g/mol. The minimum Gasteiger partial charge on any atom is -0.377 e. The molecular formula is C17H23N3O2S. The van der Waals surface area contributed by atoms with Gasteiger partial charge in [0.25, 0.3) is 0 Å². The normalized spacial score (nSPS) is 29.1. The Balaban J connectivity index is 1.40. The fraction of sp³-hybridized carbons (Fsp3) is 0.588. The van der Waals surface area contributed by atoms with Crippen molar-refractivity contribution in [2.24, 2.45) is 5.92 Å². The quantitative estimate of drug-likeness (QED) is 0.860. The van der Waals surface area contributed by atoms with Gasteiger partial charge in [-0.3, -0.25) is 4.90 Å². The van der Waals surface area contributed by atoms with Crippen molar-refractivity contribution < 1.29 is 9.47 Å². The fourth-order valence-corrected chi connectivity index (χ4v) is 4.38. The van der Waals surface area contributed by atoms with Crippen LogP contribution in [0.2, 0.25) is 0 Å². The van der Waals surface area contributed by atoms with Gasteiger partial charge in [-0.25, -0.2) is 4.98 Å². The number of hydrogen-bond acceptors (Lipinski definition) is 5. The lowest BCUT2D eigenvalue weighted by molar-refractivity contribution is -0.0563. The van der Waals surface area contributed by atoms with E-state index in [1.165, 1.54) is 5.56 Å². The molecule has 0 bridgehead atoms. The summed E-state index contributed by atoms with van der Waals surface area (Å²) < 4.78 is 14.3. The van der Waals surface area contributed by atoms with Gasteiger partial charge in [-0.1, -0.05) is 0 Å². The van der Waals surface area contributed by atoms with Crippen LogP contribution in [0.3, 0.4) is 0 Å². The van der Waals surface area contributed by atoms with Gasteiger partial charge in [-0.2, -0.15) is 11.3 Å². The van der Waals surface area contributed by atoms with Crippen LogP contribution in [0.15, 0.2) is 35.5 Å². The van der Waals surface area contributed by atoms with E-state index in [9.17, 15) is 0 Å². The highest BCUT2D eigenvalue weighted by Gasteiger charge is 2.43. The first-order valence-electron chi connectivity index (χ1n) is 8.22. The number of thiophene rings is 1. The summed E-state index contributed by atoms with van der Waals surface area (Å²) in [4.78, 5) is 6.61. The van der Waals surface area contributed by atoms with Crippen molar-refractivity contribution in [1.82, 2.24) is 14.5 Å². The van der Waals surface area contributed by atoms with Crippen LogP contribution in [-0.4, -0.2) is 53.0 Å². The zero-order valence-corrected chi connectivity index (χ0v) is 14.1. The maximum absolute atomic E-state index is 6.27. The van der Waals surface area contributed by atoms with E-state index < -0.39 is 0 Å². The molecular weight excluding hydrogens is 310 g/mol. The molecule has 2 saturated heterocycles. The summed E-state index contributed by atoms with van der Waals surface area (Å²) in [5.41, 5.74) is 1.25. The average molecular weight is 333 g/mol. The van der Waals surface area contributed by atoms with E-state index in [-0.39, 0.29) is 5.60 Å². The minimum atomic E-state index is -0.141. The van der Waals surface area contributed by atoms with E-state index in [0.29, 0.717) is 12.5 Å². The van der Waals surface area contributed by atoms with E-state index in [2.05, 4.69) is 31.3 Å². The Morgan fingerprint density at radius 1 is 1.43 bits per heavy atom. The van der Waals surface area contributed by atoms with Crippen molar-refractivity contribution in [3.05, 3.63) is 41.1 Å². The van der Waals surface area contributed by atoms with E-state index >= 15 is 0 Å². The molecule has 0 amide bonds. The van der Waals surface area contributed by atoms with Crippen molar-refractivity contribution >= 4 is 11.3 Å². The van der Waals surface area contributed by atoms with Gasteiger partial charge in [0.1, 0.15) is 5.60 Å². The van der Waals surface area contributed by atoms with Crippen LogP contribution in [0.5, 0.6) is 0 Å². The number of ether oxygens (including phenoxy) is 2. The lowest BCUT2D eigenvalue weighted by Gasteiger charge is -2.31. The Labute approximate surface area is 140 Å². The Hall–Kier alpha value is -1.21. The summed E-state index contributed by atoms with van der Waals surface area (Å²) >= 11 is 1.76. The van der Waals surface area contributed by atoms with E-state index in [1.54, 1.807) is 11.3 Å². The Bertz CT molecular complexity index is 601. The van der Waals surface area contributed by atoms with Gasteiger partial charge >= 0.3 is 0 Å². The predicted molar refractivity (Wildman–Crippen MR) is 89.4 cm³/mol. The zero-order chi connectivity index (χ0) is 15.5. The molecule has 124 valence electrons. The van der Waals surface area contributed by atoms with Crippen LogP contribution in [0, 0.1) is 5.92 Å². The van der Waals surface area contributed by atoms with Gasteiger partial charge in [0.15, 0.2) is 0 Å². The summed E-state index contributed by atoms with van der Waals surface area (Å²) in [6.45, 7) is 6.23. The van der Waals surface area contributed by atoms with Gasteiger partial charge in [-0.05, 0) is 28.8 Å². The Kier molecular flexibility index (Phi) is 4.48. The molecule has 2 fully saturated rings. The van der Waals surface area contributed by atoms with Crippen molar-refractivity contribution in [3.63, 3.8) is 0 Å². The molecule has 0 N–H and O–H groups in total. The SMILES string of the molecule is c1cn(C[C@H]2CO[C@]3(COCCN(Cc4ccsc4)C3)C2)cn1. The third-order valence-electron chi connectivity index (χ3n) is 4.73. The number of nitrogens with zero attached hydrogens (tertiary/aromatic N) is 3. The minimum absolute atomic E-state index is 0.141. The Morgan fingerprint density at radius 3 is 3.26 bits per heavy atom. The smallest absolute Gasteiger partial charge is 0.104 e. The molecule has 2 atom stereocenters. The van der Waals surface area contributed by atoms with Crippen LogP contribution >= 0.6 is 11.3 Å². The van der Waals surface area contributed by atoms with Crippen LogP contribution in [0.25, 0.3) is 0 Å². The van der Waals surface area contributed by atoms with E-state index in [0.717, 1.165) is 45.8 Å². The standard InChI is InChI=1S/C17H23N3O2S/c1-6-23-11-15(1)8-19-4-5-21-13-17(12-19)7-16(10-22-17)9-20-3-2-18-14-20/h1-3,6,11,14,16H,4-5,7-10,12-13H2/t16-,17+/m0/s1. The second-order valence-corrected chi connectivity index (χ2v) is 7.50. The first-order chi connectivity index (χ1) is 11.3. The molecule has 5 nitrogen and oxygen atoms in total. The maximum atomic E-state index is 6.27. The number of hydrogen-bond donors (Lipinski definition) is 0. The van der Waals surface area contributed by atoms with Gasteiger partial charge in [0, 0.05) is 44.5 Å². The molecule has 0 aromatic carbocycles. The molecule has 1 spiro atoms. The van der Waals surface area contributed by atoms with Crippen molar-refractivity contribution in [1.29, 1.82) is 0 Å². The zero-order valence-electron chi connectivity index (χ0n) is 13.3. The van der Waals surface area contributed by atoms with Crippen LogP contribution in [-0.2, 0) is 22.6 Å². The fourth-order valence-electron chi connectivity index (χ4n) is 3.72. The number of rotatable bonds is 4. The number of imidazole rings is 1. The second kappa shape index (κ2) is 6.73. The lowest BCUT2D eigenvalue weighted by Crippen LogP contribution is -2.43. The summed E-state index contributed by atoms with van der Waals surface area (Å²) in [6.07, 6.45) is 6.81. The van der Waals surface area contributed by atoms with E-state index in [4.69, 9.17) is 9.47 Å². The number of aromatic nitrogens is 2. The molecule has 6 heteroatoms. The third kappa shape index (κ3) is 3.66. The lowest BCUT2D eigenvalue weighted by atomic mass is 9.94. The highest BCUT2D eigenvalue weighted by atomic mass is 32.1. The van der Waals surface area contributed by atoms with Gasteiger partial charge < -0.3 is 14.0 Å². The molecule has 0 saturated carbocycles. The topological polar surface area (TPSA) is 39.5 Å². The Morgan fingerprint density at radius 2 is 2.43 bits per heavy atom. The summed E-state index contributed by atoms with van der Waals surface area (Å²) in [6, 6.07) is 2.21. The molecule has 2 aliphatic rings. The molecule has 0 radical (unpaired) electrons. The van der Waals surface area contributed by atoms with Crippen molar-refractivity contribution in [2.75, 3.05) is 32.9 Å². The molecule has 0 aliphatic carbocycles. The summed E-state index contributed by atoms with van der Waals surface area (Å²) in [5.74, 6) is 0.536. The largest absolute Gasteiger partial charge is 0.377 e. The third-order valence-corrected chi connectivity index (χ3v) is 5.46. The maximum Gasteiger partial charge on any atom is 0.104 e. The molecule has 23 heavy (non-hydrogen) atoms. The van der Waals surface area contributed by atoms with Gasteiger partial charge in [0.2, 0.25) is 0 Å². The highest BCUT2D eigenvalue weighted by molar-refractivity contribution is 7.07. The summed E-state index contributed by atoms with van der Waals surface area (Å²) in [5, 5.41) is 4.38. The molecule has 4 rings (SSSR count). The van der Waals surface area contributed by atoms with Crippen molar-refractivity contribution in [3.8, 4) is 0 Å². The highest BCUT2D eigenvalue weighted by Crippen LogP contribution is 2.34. The van der Waals surface area contributed by atoms with Crippen LogP contribution < -0.4 is 0 Å². The molecule has 0 unspecified atom stereocenters. The van der Waals surface area contributed by atoms with Crippen molar-refractivity contribution in [2.45, 2.75) is 25.1 Å². The summed E-state index contributed by atoms with van der Waals surface area (Å²) in [7, 11) is 0. The van der Waals surface area contributed by atoms with Crippen LogP contribution in [0.4, 0.5) is 0 Å². The van der Waals surface area contributed by atoms with E-state index in [1.807, 2.05) is 18.7 Å². The molecule has 2 aliphatic heterocycles. The molecule has 2 aromatic rings. The average Bonchev–Trinajstić information content (AvgIpc) is 3.25. The predicted octanol–water partition coefficient (Wildman–Crippen LogP) is 2.25. The van der Waals surface area contributed by atoms with Gasteiger partial charge in [0.05, 0.1) is 26.1 Å². The van der Waals surface area contributed by atoms with Gasteiger partial charge in [-0.15, -0.1) is 0 Å². The molecule has 2 aromatic heterocycles. The molecule has 4 heterocycles. The van der Waals surface area contributed by atoms with Crippen LogP contribution in [0.1, 0.15) is 12.0 Å². The first-order valence-corrected chi connectivity index (χ1v) is 9.17.